The van der Waals surface area contributed by atoms with Crippen LogP contribution in [0.5, 0.6) is 0 Å². The van der Waals surface area contributed by atoms with E-state index >= 15 is 0 Å². The normalized spacial score (nSPS) is 9.50. The molecule has 0 saturated carbocycles. The van der Waals surface area contributed by atoms with Gasteiger partial charge in [-0.25, -0.2) is 0 Å². The quantitative estimate of drug-likeness (QED) is 0.421. The van der Waals surface area contributed by atoms with E-state index in [4.69, 9.17) is 4.55 Å². The van der Waals surface area contributed by atoms with Crippen molar-refractivity contribution in [2.24, 2.45) is 0 Å². The predicted molar refractivity (Wildman–Crippen MR) is 46.3 cm³/mol. The molecule has 0 spiro atoms. The van der Waals surface area contributed by atoms with Gasteiger partial charge in [-0.05, 0) is 17.7 Å². The summed E-state index contributed by atoms with van der Waals surface area (Å²) in [7, 11) is -4.06. The molecule has 0 amide bonds. The van der Waals surface area contributed by atoms with Crippen molar-refractivity contribution in [1.29, 1.82) is 0 Å². The number of rotatable bonds is 2. The maximum absolute atomic E-state index is 10.6. The van der Waals surface area contributed by atoms with E-state index in [-0.39, 0.29) is 46.9 Å². The fourth-order valence-electron chi connectivity index (χ4n) is 0.776. The average Bonchev–Trinajstić information content (AvgIpc) is 2.03. The average molecular weight is 243 g/mol. The van der Waals surface area contributed by atoms with Gasteiger partial charge in [-0.15, -0.1) is 0 Å². The molecule has 1 rings (SSSR count). The van der Waals surface area contributed by atoms with Crippen LogP contribution >= 0.6 is 0 Å². The largest absolute Gasteiger partial charge is 1.00 e. The molecule has 1 aromatic carbocycles. The summed E-state index contributed by atoms with van der Waals surface area (Å²) in [5.41, 5.74) is 0.808. The summed E-state index contributed by atoms with van der Waals surface area (Å²) in [4.78, 5) is -0.104. The Morgan fingerprint density at radius 2 is 1.64 bits per heavy atom. The van der Waals surface area contributed by atoms with Crippen molar-refractivity contribution in [2.75, 3.05) is 0 Å². The molecule has 0 aromatic heterocycles. The Morgan fingerprint density at radius 3 is 1.93 bits per heavy atom. The van der Waals surface area contributed by atoms with Gasteiger partial charge in [0.2, 0.25) is 0 Å². The van der Waals surface area contributed by atoms with E-state index in [0.717, 1.165) is 5.56 Å². The molecule has 0 heterocycles. The van der Waals surface area contributed by atoms with Crippen molar-refractivity contribution in [3.63, 3.8) is 0 Å². The van der Waals surface area contributed by atoms with Gasteiger partial charge in [0.1, 0.15) is 0 Å². The van der Waals surface area contributed by atoms with Gasteiger partial charge in [-0.1, -0.05) is 24.8 Å². The minimum Gasteiger partial charge on any atom is -1.00 e. The van der Waals surface area contributed by atoms with Crippen LogP contribution in [0.4, 0.5) is 0 Å². The molecule has 0 radical (unpaired) electrons. The van der Waals surface area contributed by atoms with Gasteiger partial charge in [0.05, 0.1) is 4.90 Å². The summed E-state index contributed by atoms with van der Waals surface area (Å²) in [5.74, 6) is 0. The van der Waals surface area contributed by atoms with Crippen molar-refractivity contribution < 1.29 is 54.9 Å². The standard InChI is InChI=1S/C8H8O3S.ClH.Na/c1-2-7-3-5-8(6-4-7)12(9,10)11;;/h2-6H,1H2,(H,9,10,11);1H;/q;;+1/p-1. The molecule has 0 aliphatic heterocycles. The smallest absolute Gasteiger partial charge is 1.00 e. The van der Waals surface area contributed by atoms with E-state index in [1.165, 1.54) is 12.1 Å². The molecule has 0 aliphatic carbocycles. The van der Waals surface area contributed by atoms with Gasteiger partial charge < -0.3 is 12.4 Å². The van der Waals surface area contributed by atoms with Crippen LogP contribution in [0.1, 0.15) is 5.56 Å². The Bertz CT molecular complexity index is 386. The van der Waals surface area contributed by atoms with Gasteiger partial charge in [-0.2, -0.15) is 8.42 Å². The van der Waals surface area contributed by atoms with E-state index < -0.39 is 10.1 Å². The molecule has 0 aliphatic rings. The zero-order valence-electron chi connectivity index (χ0n) is 7.64. The van der Waals surface area contributed by atoms with Gasteiger partial charge in [0.15, 0.2) is 0 Å². The zero-order valence-corrected chi connectivity index (χ0v) is 11.2. The molecule has 1 aromatic rings. The van der Waals surface area contributed by atoms with E-state index in [0.29, 0.717) is 0 Å². The van der Waals surface area contributed by atoms with Crippen molar-refractivity contribution in [1.82, 2.24) is 0 Å². The SMILES string of the molecule is C=Cc1ccc(S(=O)(=O)O)cc1.[Cl-].[Na+]. The first-order chi connectivity index (χ1) is 5.54. The Balaban J connectivity index is 0. The van der Waals surface area contributed by atoms with Crippen molar-refractivity contribution in [3.8, 4) is 0 Å². The first-order valence-corrected chi connectivity index (χ1v) is 4.68. The molecule has 0 saturated heterocycles. The Labute approximate surface area is 112 Å². The molecule has 0 fully saturated rings. The van der Waals surface area contributed by atoms with Crippen molar-refractivity contribution in [3.05, 3.63) is 36.4 Å². The number of benzene rings is 1. The number of hydrogen-bond donors (Lipinski definition) is 1. The minimum atomic E-state index is -4.06. The third kappa shape index (κ3) is 4.59. The van der Waals surface area contributed by atoms with Crippen LogP contribution in [0, 0.1) is 0 Å². The second-order valence-electron chi connectivity index (χ2n) is 2.25. The summed E-state index contributed by atoms with van der Waals surface area (Å²) in [6.07, 6.45) is 1.59. The van der Waals surface area contributed by atoms with E-state index in [1.807, 2.05) is 0 Å². The second-order valence-corrected chi connectivity index (χ2v) is 3.67. The topological polar surface area (TPSA) is 54.4 Å². The molecule has 0 bridgehead atoms. The minimum absolute atomic E-state index is 0. The molecular formula is C8H8ClNaO3S. The number of halogens is 1. The molecule has 6 heteroatoms. The van der Waals surface area contributed by atoms with Crippen LogP contribution in [0.3, 0.4) is 0 Å². The van der Waals surface area contributed by atoms with Crippen LogP contribution in [0.2, 0.25) is 0 Å². The zero-order chi connectivity index (χ0) is 9.19. The first kappa shape index (κ1) is 16.6. The van der Waals surface area contributed by atoms with E-state index in [2.05, 4.69) is 6.58 Å². The fourth-order valence-corrected chi connectivity index (χ4v) is 1.26. The first-order valence-electron chi connectivity index (χ1n) is 3.24. The van der Waals surface area contributed by atoms with Crippen molar-refractivity contribution >= 4 is 16.2 Å². The third-order valence-electron chi connectivity index (χ3n) is 1.41. The van der Waals surface area contributed by atoms with Crippen LogP contribution in [0.15, 0.2) is 35.7 Å². The summed E-state index contributed by atoms with van der Waals surface area (Å²) in [5, 5.41) is 0. The van der Waals surface area contributed by atoms with Gasteiger partial charge >= 0.3 is 29.6 Å². The number of hydrogen-bond acceptors (Lipinski definition) is 2. The van der Waals surface area contributed by atoms with Gasteiger partial charge in [0, 0.05) is 0 Å². The maximum atomic E-state index is 10.6. The molecule has 0 unspecified atom stereocenters. The monoisotopic (exact) mass is 242 g/mol. The molecular weight excluding hydrogens is 235 g/mol. The van der Waals surface area contributed by atoms with E-state index in [1.54, 1.807) is 18.2 Å². The van der Waals surface area contributed by atoms with E-state index in [9.17, 15) is 8.42 Å². The molecule has 72 valence electrons. The van der Waals surface area contributed by atoms with Crippen LogP contribution in [0.25, 0.3) is 6.08 Å². The fraction of sp³-hybridized carbons (Fsp3) is 0. The molecule has 3 nitrogen and oxygen atoms in total. The Hall–Kier alpha value is 0.160. The predicted octanol–water partition coefficient (Wildman–Crippen LogP) is -4.42. The van der Waals surface area contributed by atoms with Gasteiger partial charge in [0.25, 0.3) is 10.1 Å². The second kappa shape index (κ2) is 6.61. The maximum Gasteiger partial charge on any atom is 1.00 e. The Kier molecular flexibility index (Phi) is 7.83. The molecule has 0 atom stereocenters. The Morgan fingerprint density at radius 1 is 1.21 bits per heavy atom. The van der Waals surface area contributed by atoms with Crippen LogP contribution < -0.4 is 42.0 Å². The van der Waals surface area contributed by atoms with Crippen LogP contribution in [-0.2, 0) is 10.1 Å². The molecule has 14 heavy (non-hydrogen) atoms. The third-order valence-corrected chi connectivity index (χ3v) is 2.28. The van der Waals surface area contributed by atoms with Crippen LogP contribution in [-0.4, -0.2) is 13.0 Å². The summed E-state index contributed by atoms with van der Waals surface area (Å²) < 4.78 is 29.7. The molecule has 1 N–H and O–H groups in total. The van der Waals surface area contributed by atoms with Gasteiger partial charge in [-0.3, -0.25) is 4.55 Å². The summed E-state index contributed by atoms with van der Waals surface area (Å²) in [6, 6.07) is 5.78. The van der Waals surface area contributed by atoms with Crippen molar-refractivity contribution in [2.45, 2.75) is 4.90 Å². The summed E-state index contributed by atoms with van der Waals surface area (Å²) >= 11 is 0. The summed E-state index contributed by atoms with van der Waals surface area (Å²) in [6.45, 7) is 3.51.